The summed E-state index contributed by atoms with van der Waals surface area (Å²) >= 11 is 0. The Balaban J connectivity index is 0.000000268. The van der Waals surface area contributed by atoms with Crippen LogP contribution in [0.5, 0.6) is 0 Å². The molecule has 11 heteroatoms. The van der Waals surface area contributed by atoms with Gasteiger partial charge in [-0.05, 0) is 98.4 Å². The van der Waals surface area contributed by atoms with E-state index in [1.807, 2.05) is 77.9 Å². The smallest absolute Gasteiger partial charge is 0.410 e. The maximum atomic E-state index is 12.3. The molecular weight excluding hydrogens is 576 g/mol. The molecule has 4 heterocycles. The number of amides is 2. The van der Waals surface area contributed by atoms with Crippen molar-refractivity contribution in [1.82, 2.24) is 19.8 Å². The minimum atomic E-state index is -1.29. The molecule has 0 atom stereocenters. The van der Waals surface area contributed by atoms with Crippen LogP contribution in [-0.2, 0) is 24.6 Å². The quantitative estimate of drug-likeness (QED) is 0.335. The van der Waals surface area contributed by atoms with Crippen LogP contribution < -0.4 is 0 Å². The summed E-state index contributed by atoms with van der Waals surface area (Å²) in [6.07, 6.45) is 5.34. The Bertz CT molecular complexity index is 1190. The first-order valence-corrected chi connectivity index (χ1v) is 15.8. The van der Waals surface area contributed by atoms with Gasteiger partial charge in [0.05, 0.1) is 23.9 Å². The number of likely N-dealkylation sites (tertiary alicyclic amines) is 2. The van der Waals surface area contributed by atoms with Crippen molar-refractivity contribution in [3.05, 3.63) is 60.2 Å². The van der Waals surface area contributed by atoms with Crippen molar-refractivity contribution < 1.29 is 33.7 Å². The first kappa shape index (κ1) is 35.7. The zero-order chi connectivity index (χ0) is 33.3. The number of hydrogen-bond acceptors (Lipinski definition) is 9. The SMILES string of the molecule is CC(C)(C)OC(=O)N1CCC(C(O)(c2ccccn2)c2ccccn2)CC1.CCOC(=O)C1CCN(C(=O)OC(C)(C)C)CC1. The summed E-state index contributed by atoms with van der Waals surface area (Å²) in [7, 11) is 0. The second-order valence-corrected chi connectivity index (χ2v) is 13.4. The Hall–Kier alpha value is -3.73. The number of carbonyl (C=O) groups is 3. The predicted molar refractivity (Wildman–Crippen MR) is 169 cm³/mol. The zero-order valence-corrected chi connectivity index (χ0v) is 27.8. The molecular formula is C34H50N4O7. The van der Waals surface area contributed by atoms with Gasteiger partial charge >= 0.3 is 18.2 Å². The van der Waals surface area contributed by atoms with Gasteiger partial charge in [-0.15, -0.1) is 0 Å². The van der Waals surface area contributed by atoms with Gasteiger partial charge in [0, 0.05) is 44.5 Å². The minimum Gasteiger partial charge on any atom is -0.466 e. The Morgan fingerprint density at radius 1 is 0.756 bits per heavy atom. The lowest BCUT2D eigenvalue weighted by Crippen LogP contribution is -2.47. The lowest BCUT2D eigenvalue weighted by Gasteiger charge is -2.41. The number of esters is 1. The van der Waals surface area contributed by atoms with Crippen LogP contribution in [0.25, 0.3) is 0 Å². The Morgan fingerprint density at radius 2 is 1.18 bits per heavy atom. The summed E-state index contributed by atoms with van der Waals surface area (Å²) in [5.41, 5.74) is -1.12. The largest absolute Gasteiger partial charge is 0.466 e. The van der Waals surface area contributed by atoms with Gasteiger partial charge in [-0.2, -0.15) is 0 Å². The molecule has 248 valence electrons. The average Bonchev–Trinajstić information content (AvgIpc) is 3.00. The van der Waals surface area contributed by atoms with Crippen LogP contribution in [0.1, 0.15) is 85.5 Å². The van der Waals surface area contributed by atoms with E-state index in [0.29, 0.717) is 69.9 Å². The molecule has 45 heavy (non-hydrogen) atoms. The fraction of sp³-hybridized carbons (Fsp3) is 0.618. The minimum absolute atomic E-state index is 0.0800. The molecule has 2 aliphatic rings. The molecule has 4 rings (SSSR count). The topological polar surface area (TPSA) is 131 Å². The van der Waals surface area contributed by atoms with Gasteiger partial charge in [0.15, 0.2) is 5.60 Å². The van der Waals surface area contributed by atoms with Gasteiger partial charge in [-0.3, -0.25) is 14.8 Å². The van der Waals surface area contributed by atoms with Gasteiger partial charge in [0.2, 0.25) is 0 Å². The molecule has 0 aliphatic carbocycles. The van der Waals surface area contributed by atoms with E-state index in [1.165, 1.54) is 0 Å². The van der Waals surface area contributed by atoms with E-state index in [9.17, 15) is 19.5 Å². The third-order valence-corrected chi connectivity index (χ3v) is 7.61. The van der Waals surface area contributed by atoms with Crippen molar-refractivity contribution >= 4 is 18.2 Å². The molecule has 2 aromatic heterocycles. The second-order valence-electron chi connectivity index (χ2n) is 13.4. The van der Waals surface area contributed by atoms with Crippen LogP contribution in [-0.4, -0.2) is 87.0 Å². The van der Waals surface area contributed by atoms with Gasteiger partial charge in [-0.1, -0.05) is 12.1 Å². The van der Waals surface area contributed by atoms with Gasteiger partial charge in [0.25, 0.3) is 0 Å². The van der Waals surface area contributed by atoms with Crippen LogP contribution in [0.4, 0.5) is 9.59 Å². The van der Waals surface area contributed by atoms with E-state index in [0.717, 1.165) is 0 Å². The summed E-state index contributed by atoms with van der Waals surface area (Å²) in [6, 6.07) is 11.0. The van der Waals surface area contributed by atoms with Crippen LogP contribution in [0, 0.1) is 11.8 Å². The van der Waals surface area contributed by atoms with E-state index in [2.05, 4.69) is 9.97 Å². The highest BCUT2D eigenvalue weighted by molar-refractivity contribution is 5.73. The zero-order valence-electron chi connectivity index (χ0n) is 27.8. The lowest BCUT2D eigenvalue weighted by molar-refractivity contribution is -0.149. The molecule has 2 aliphatic heterocycles. The van der Waals surface area contributed by atoms with Crippen molar-refractivity contribution in [1.29, 1.82) is 0 Å². The molecule has 0 saturated carbocycles. The second kappa shape index (κ2) is 15.5. The van der Waals surface area contributed by atoms with Crippen molar-refractivity contribution in [2.75, 3.05) is 32.8 Å². The highest BCUT2D eigenvalue weighted by Gasteiger charge is 2.44. The number of pyridine rings is 2. The van der Waals surface area contributed by atoms with Crippen molar-refractivity contribution in [2.45, 2.75) is 91.0 Å². The summed E-state index contributed by atoms with van der Waals surface area (Å²) in [4.78, 5) is 47.9. The lowest BCUT2D eigenvalue weighted by atomic mass is 9.76. The number of hydrogen-bond donors (Lipinski definition) is 1. The molecule has 2 amide bonds. The standard InChI is InChI=1S/C21H27N3O3.C13H23NO4/c1-20(2,3)27-19(25)24-14-10-16(11-15-24)21(26,17-8-4-6-12-22-17)18-9-5-7-13-23-18;1-5-17-11(15)10-6-8-14(9-7-10)12(16)18-13(2,3)4/h4-9,12-13,16,26H,10-11,14-15H2,1-3H3;10H,5-9H2,1-4H3. The number of rotatable bonds is 5. The molecule has 0 aromatic carbocycles. The van der Waals surface area contributed by atoms with Crippen LogP contribution in [0.2, 0.25) is 0 Å². The molecule has 0 radical (unpaired) electrons. The van der Waals surface area contributed by atoms with E-state index in [1.54, 1.807) is 29.1 Å². The maximum Gasteiger partial charge on any atom is 0.410 e. The van der Waals surface area contributed by atoms with Crippen molar-refractivity contribution in [2.24, 2.45) is 11.8 Å². The monoisotopic (exact) mass is 626 g/mol. The van der Waals surface area contributed by atoms with E-state index >= 15 is 0 Å². The Kier molecular flexibility index (Phi) is 12.3. The number of ether oxygens (including phenoxy) is 3. The van der Waals surface area contributed by atoms with Gasteiger partial charge in [0.1, 0.15) is 11.2 Å². The molecule has 1 N–H and O–H groups in total. The molecule has 2 aromatic rings. The van der Waals surface area contributed by atoms with E-state index in [4.69, 9.17) is 14.2 Å². The normalized spacial score (nSPS) is 16.7. The Labute approximate surface area is 267 Å². The fourth-order valence-corrected chi connectivity index (χ4v) is 5.42. The number of aliphatic hydroxyl groups is 1. The summed E-state index contributed by atoms with van der Waals surface area (Å²) in [5, 5.41) is 11.7. The number of aromatic nitrogens is 2. The van der Waals surface area contributed by atoms with E-state index in [-0.39, 0.29) is 30.0 Å². The summed E-state index contributed by atoms with van der Waals surface area (Å²) in [5.74, 6) is -0.328. The average molecular weight is 627 g/mol. The molecule has 0 bridgehead atoms. The first-order valence-electron chi connectivity index (χ1n) is 15.8. The third kappa shape index (κ3) is 10.4. The van der Waals surface area contributed by atoms with Gasteiger partial charge < -0.3 is 29.1 Å². The third-order valence-electron chi connectivity index (χ3n) is 7.61. The highest BCUT2D eigenvalue weighted by Crippen LogP contribution is 2.40. The summed E-state index contributed by atoms with van der Waals surface area (Å²) in [6.45, 7) is 15.5. The van der Waals surface area contributed by atoms with Gasteiger partial charge in [-0.25, -0.2) is 9.59 Å². The van der Waals surface area contributed by atoms with E-state index < -0.39 is 16.8 Å². The number of carbonyl (C=O) groups excluding carboxylic acids is 3. The number of nitrogens with zero attached hydrogens (tertiary/aromatic N) is 4. The highest BCUT2D eigenvalue weighted by atomic mass is 16.6. The summed E-state index contributed by atoms with van der Waals surface area (Å²) < 4.78 is 15.7. The molecule has 0 unspecified atom stereocenters. The first-order chi connectivity index (χ1) is 21.1. The maximum absolute atomic E-state index is 12.3. The van der Waals surface area contributed by atoms with Crippen molar-refractivity contribution in [3.8, 4) is 0 Å². The number of piperidine rings is 2. The van der Waals surface area contributed by atoms with Crippen LogP contribution in [0.15, 0.2) is 48.8 Å². The Morgan fingerprint density at radius 3 is 1.53 bits per heavy atom. The molecule has 2 saturated heterocycles. The predicted octanol–water partition coefficient (Wildman–Crippen LogP) is 5.56. The van der Waals surface area contributed by atoms with Crippen molar-refractivity contribution in [3.63, 3.8) is 0 Å². The molecule has 2 fully saturated rings. The van der Waals surface area contributed by atoms with Crippen LogP contribution >= 0.6 is 0 Å². The molecule has 11 nitrogen and oxygen atoms in total. The molecule has 0 spiro atoms. The van der Waals surface area contributed by atoms with Crippen LogP contribution in [0.3, 0.4) is 0 Å². The fourth-order valence-electron chi connectivity index (χ4n) is 5.42.